The molecule has 2 aromatic rings. The molecule has 2 rings (SSSR count). The number of carbonyl (C=O) groups excluding carboxylic acids is 1. The lowest BCUT2D eigenvalue weighted by Gasteiger charge is -2.06. The van der Waals surface area contributed by atoms with Gasteiger partial charge in [0.15, 0.2) is 0 Å². The van der Waals surface area contributed by atoms with Crippen molar-refractivity contribution in [2.24, 2.45) is 0 Å². The second-order valence-corrected chi connectivity index (χ2v) is 4.16. The molecular weight excluding hydrogens is 226 g/mol. The van der Waals surface area contributed by atoms with Gasteiger partial charge in [-0.05, 0) is 47.9 Å². The van der Waals surface area contributed by atoms with Crippen molar-refractivity contribution >= 4 is 5.91 Å². The second-order valence-electron chi connectivity index (χ2n) is 4.16. The SMILES string of the molecule is CNC(=O)c1cccc(-c2ccc(O)c(C)c2)c1. The summed E-state index contributed by atoms with van der Waals surface area (Å²) >= 11 is 0. The van der Waals surface area contributed by atoms with Crippen LogP contribution in [0.1, 0.15) is 15.9 Å². The fourth-order valence-electron chi connectivity index (χ4n) is 1.82. The highest BCUT2D eigenvalue weighted by Gasteiger charge is 2.06. The smallest absolute Gasteiger partial charge is 0.251 e. The van der Waals surface area contributed by atoms with Gasteiger partial charge in [-0.15, -0.1) is 0 Å². The zero-order chi connectivity index (χ0) is 13.1. The van der Waals surface area contributed by atoms with Crippen LogP contribution in [0.25, 0.3) is 11.1 Å². The molecule has 3 nitrogen and oxygen atoms in total. The average Bonchev–Trinajstić information content (AvgIpc) is 2.41. The third-order valence-corrected chi connectivity index (χ3v) is 2.88. The third-order valence-electron chi connectivity index (χ3n) is 2.88. The number of phenols is 1. The van der Waals surface area contributed by atoms with Gasteiger partial charge in [-0.3, -0.25) is 4.79 Å². The van der Waals surface area contributed by atoms with E-state index in [1.165, 1.54) is 0 Å². The summed E-state index contributed by atoms with van der Waals surface area (Å²) in [6, 6.07) is 12.8. The molecule has 3 heteroatoms. The molecule has 0 spiro atoms. The Balaban J connectivity index is 2.44. The summed E-state index contributed by atoms with van der Waals surface area (Å²) in [6.45, 7) is 1.85. The summed E-state index contributed by atoms with van der Waals surface area (Å²) in [5.41, 5.74) is 3.38. The first-order valence-corrected chi connectivity index (χ1v) is 5.74. The molecule has 2 N–H and O–H groups in total. The number of aromatic hydroxyl groups is 1. The van der Waals surface area contributed by atoms with Crippen LogP contribution in [-0.4, -0.2) is 18.1 Å². The summed E-state index contributed by atoms with van der Waals surface area (Å²) in [5, 5.41) is 12.1. The van der Waals surface area contributed by atoms with Crippen LogP contribution in [0.2, 0.25) is 0 Å². The topological polar surface area (TPSA) is 49.3 Å². The van der Waals surface area contributed by atoms with E-state index in [1.54, 1.807) is 19.2 Å². The Labute approximate surface area is 106 Å². The van der Waals surface area contributed by atoms with E-state index in [2.05, 4.69) is 5.32 Å². The van der Waals surface area contributed by atoms with Gasteiger partial charge in [-0.25, -0.2) is 0 Å². The highest BCUT2D eigenvalue weighted by Crippen LogP contribution is 2.25. The number of amides is 1. The van der Waals surface area contributed by atoms with Crippen LogP contribution in [-0.2, 0) is 0 Å². The van der Waals surface area contributed by atoms with Gasteiger partial charge in [0, 0.05) is 12.6 Å². The Morgan fingerprint density at radius 1 is 1.11 bits per heavy atom. The summed E-state index contributed by atoms with van der Waals surface area (Å²) in [6.07, 6.45) is 0. The molecule has 0 bridgehead atoms. The maximum atomic E-state index is 11.6. The molecule has 0 atom stereocenters. The zero-order valence-corrected chi connectivity index (χ0v) is 10.4. The van der Waals surface area contributed by atoms with Crippen LogP contribution in [0.5, 0.6) is 5.75 Å². The molecule has 0 saturated heterocycles. The van der Waals surface area contributed by atoms with Crippen LogP contribution in [0.3, 0.4) is 0 Å². The van der Waals surface area contributed by atoms with Crippen molar-refractivity contribution in [1.29, 1.82) is 0 Å². The summed E-state index contributed by atoms with van der Waals surface area (Å²) in [5.74, 6) is 0.175. The zero-order valence-electron chi connectivity index (χ0n) is 10.4. The van der Waals surface area contributed by atoms with Gasteiger partial charge < -0.3 is 10.4 Å². The van der Waals surface area contributed by atoms with E-state index < -0.39 is 0 Å². The molecule has 0 aliphatic heterocycles. The molecule has 1 amide bonds. The number of rotatable bonds is 2. The molecule has 0 aliphatic carbocycles. The Bertz CT molecular complexity index is 591. The van der Waals surface area contributed by atoms with E-state index in [9.17, 15) is 9.90 Å². The Kier molecular flexibility index (Phi) is 3.33. The lowest BCUT2D eigenvalue weighted by atomic mass is 10.0. The van der Waals surface area contributed by atoms with Crippen molar-refractivity contribution in [3.8, 4) is 16.9 Å². The van der Waals surface area contributed by atoms with Gasteiger partial charge >= 0.3 is 0 Å². The van der Waals surface area contributed by atoms with Crippen molar-refractivity contribution in [3.05, 3.63) is 53.6 Å². The monoisotopic (exact) mass is 241 g/mol. The van der Waals surface area contributed by atoms with Crippen molar-refractivity contribution in [2.75, 3.05) is 7.05 Å². The normalized spacial score (nSPS) is 10.1. The van der Waals surface area contributed by atoms with E-state index in [0.29, 0.717) is 5.56 Å². The first-order valence-electron chi connectivity index (χ1n) is 5.74. The van der Waals surface area contributed by atoms with Gasteiger partial charge in [-0.1, -0.05) is 18.2 Å². The van der Waals surface area contributed by atoms with Crippen molar-refractivity contribution in [1.82, 2.24) is 5.32 Å². The lowest BCUT2D eigenvalue weighted by Crippen LogP contribution is -2.17. The lowest BCUT2D eigenvalue weighted by molar-refractivity contribution is 0.0963. The number of hydrogen-bond acceptors (Lipinski definition) is 2. The molecule has 2 aromatic carbocycles. The maximum Gasteiger partial charge on any atom is 0.251 e. The standard InChI is InChI=1S/C15H15NO2/c1-10-8-12(6-7-14(10)17)11-4-3-5-13(9-11)15(18)16-2/h3-9,17H,1-2H3,(H,16,18). The van der Waals surface area contributed by atoms with Crippen LogP contribution < -0.4 is 5.32 Å². The van der Waals surface area contributed by atoms with E-state index in [1.807, 2.05) is 37.3 Å². The van der Waals surface area contributed by atoms with E-state index in [-0.39, 0.29) is 11.7 Å². The van der Waals surface area contributed by atoms with E-state index in [0.717, 1.165) is 16.7 Å². The van der Waals surface area contributed by atoms with E-state index in [4.69, 9.17) is 0 Å². The van der Waals surface area contributed by atoms with Crippen molar-refractivity contribution in [2.45, 2.75) is 6.92 Å². The molecule has 0 unspecified atom stereocenters. The number of hydrogen-bond donors (Lipinski definition) is 2. The predicted octanol–water partition coefficient (Wildman–Crippen LogP) is 2.73. The number of carbonyl (C=O) groups is 1. The summed E-state index contributed by atoms with van der Waals surface area (Å²) < 4.78 is 0. The average molecular weight is 241 g/mol. The first-order chi connectivity index (χ1) is 8.61. The molecule has 0 saturated carbocycles. The molecule has 18 heavy (non-hydrogen) atoms. The minimum absolute atomic E-state index is 0.104. The van der Waals surface area contributed by atoms with E-state index >= 15 is 0 Å². The maximum absolute atomic E-state index is 11.6. The van der Waals surface area contributed by atoms with Crippen LogP contribution in [0.15, 0.2) is 42.5 Å². The number of aryl methyl sites for hydroxylation is 1. The van der Waals surface area contributed by atoms with Crippen molar-refractivity contribution < 1.29 is 9.90 Å². The van der Waals surface area contributed by atoms with Gasteiger partial charge in [0.05, 0.1) is 0 Å². The Morgan fingerprint density at radius 3 is 2.50 bits per heavy atom. The van der Waals surface area contributed by atoms with Crippen molar-refractivity contribution in [3.63, 3.8) is 0 Å². The van der Waals surface area contributed by atoms with Crippen LogP contribution >= 0.6 is 0 Å². The number of benzene rings is 2. The number of nitrogens with one attached hydrogen (secondary N) is 1. The molecule has 0 fully saturated rings. The van der Waals surface area contributed by atoms with Crippen LogP contribution in [0, 0.1) is 6.92 Å². The molecule has 0 aromatic heterocycles. The van der Waals surface area contributed by atoms with Gasteiger partial charge in [0.25, 0.3) is 5.91 Å². The third kappa shape index (κ3) is 2.35. The van der Waals surface area contributed by atoms with Gasteiger partial charge in [-0.2, -0.15) is 0 Å². The Morgan fingerprint density at radius 2 is 1.83 bits per heavy atom. The fourth-order valence-corrected chi connectivity index (χ4v) is 1.82. The predicted molar refractivity (Wildman–Crippen MR) is 71.7 cm³/mol. The molecule has 0 radical (unpaired) electrons. The van der Waals surface area contributed by atoms with Gasteiger partial charge in [0.1, 0.15) is 5.75 Å². The number of phenolic OH excluding ortho intramolecular Hbond substituents is 1. The summed E-state index contributed by atoms with van der Waals surface area (Å²) in [4.78, 5) is 11.6. The highest BCUT2D eigenvalue weighted by atomic mass is 16.3. The fraction of sp³-hybridized carbons (Fsp3) is 0.133. The molecule has 0 aliphatic rings. The summed E-state index contributed by atoms with van der Waals surface area (Å²) in [7, 11) is 1.61. The first kappa shape index (κ1) is 12.2. The minimum atomic E-state index is -0.104. The Hall–Kier alpha value is -2.29. The van der Waals surface area contributed by atoms with Gasteiger partial charge in [0.2, 0.25) is 0 Å². The highest BCUT2D eigenvalue weighted by molar-refractivity contribution is 5.95. The van der Waals surface area contributed by atoms with Crippen LogP contribution in [0.4, 0.5) is 0 Å². The minimum Gasteiger partial charge on any atom is -0.508 e. The largest absolute Gasteiger partial charge is 0.508 e. The molecule has 0 heterocycles. The quantitative estimate of drug-likeness (QED) is 0.849. The second kappa shape index (κ2) is 4.92. The molecular formula is C15H15NO2. The molecule has 92 valence electrons.